The zero-order valence-corrected chi connectivity index (χ0v) is 28.9. The molecule has 0 bridgehead atoms. The Hall–Kier alpha value is -3.16. The largest absolute Gasteiger partial charge is 0.457 e. The van der Waals surface area contributed by atoms with E-state index in [9.17, 15) is 0 Å². The molecule has 0 unspecified atom stereocenters. The normalized spacial score (nSPS) is 12.8. The first kappa shape index (κ1) is 28.6. The van der Waals surface area contributed by atoms with Gasteiger partial charge in [-0.15, -0.1) is 0 Å². The summed E-state index contributed by atoms with van der Waals surface area (Å²) in [5.74, 6) is 3.06. The van der Waals surface area contributed by atoms with Crippen molar-refractivity contribution in [1.29, 1.82) is 0 Å². The van der Waals surface area contributed by atoms with Crippen molar-refractivity contribution in [2.45, 2.75) is 5.41 Å². The van der Waals surface area contributed by atoms with Crippen LogP contribution in [0.15, 0.2) is 151 Å². The summed E-state index contributed by atoms with van der Waals surface area (Å²) in [6, 6.07) is 46.2. The van der Waals surface area contributed by atoms with E-state index < -0.39 is 5.41 Å². The maximum Gasteiger partial charge on any atom is 0.129 e. The van der Waals surface area contributed by atoms with Crippen LogP contribution in [-0.2, 0) is 5.41 Å². The van der Waals surface area contributed by atoms with E-state index in [0.717, 1.165) is 52.0 Å². The maximum absolute atomic E-state index is 6.24. The minimum atomic E-state index is -0.512. The highest BCUT2D eigenvalue weighted by molar-refractivity contribution is 9.11. The first-order valence-corrected chi connectivity index (χ1v) is 16.8. The van der Waals surface area contributed by atoms with E-state index in [1.165, 1.54) is 22.3 Å². The van der Waals surface area contributed by atoms with Crippen LogP contribution in [0.5, 0.6) is 23.0 Å². The average molecular weight is 818 g/mol. The van der Waals surface area contributed by atoms with Crippen molar-refractivity contribution in [3.05, 3.63) is 174 Å². The van der Waals surface area contributed by atoms with E-state index in [1.807, 2.05) is 36.4 Å². The Morgan fingerprint density at radius 3 is 1.09 bits per heavy atom. The van der Waals surface area contributed by atoms with E-state index in [2.05, 4.69) is 161 Å². The minimum Gasteiger partial charge on any atom is -0.457 e. The van der Waals surface area contributed by atoms with Crippen molar-refractivity contribution in [1.82, 2.24) is 0 Å². The summed E-state index contributed by atoms with van der Waals surface area (Å²) < 4.78 is 16.3. The van der Waals surface area contributed by atoms with E-state index in [4.69, 9.17) is 9.47 Å². The molecule has 6 aromatic carbocycles. The lowest BCUT2D eigenvalue weighted by Crippen LogP contribution is -2.28. The topological polar surface area (TPSA) is 18.5 Å². The zero-order valence-electron chi connectivity index (χ0n) is 22.5. The molecule has 0 radical (unpaired) electrons. The SMILES string of the molecule is Brc1cc(Br)cc(Oc2ccc(C3(c4ccc(Oc5cc(Br)cc(Br)c5)cc4)c4ccccc4-c4ccccc43)cc2)c1. The summed E-state index contributed by atoms with van der Waals surface area (Å²) in [5.41, 5.74) is 6.82. The fourth-order valence-electron chi connectivity index (χ4n) is 6.02. The van der Waals surface area contributed by atoms with Crippen LogP contribution in [0.4, 0.5) is 0 Å². The Morgan fingerprint density at radius 2 is 0.721 bits per heavy atom. The van der Waals surface area contributed by atoms with Gasteiger partial charge in [0.1, 0.15) is 23.0 Å². The number of rotatable bonds is 6. The predicted molar refractivity (Wildman–Crippen MR) is 188 cm³/mol. The molecule has 0 aliphatic heterocycles. The third-order valence-corrected chi connectivity index (χ3v) is 9.50. The van der Waals surface area contributed by atoms with Crippen molar-refractivity contribution in [3.63, 3.8) is 0 Å². The van der Waals surface area contributed by atoms with Crippen molar-refractivity contribution < 1.29 is 9.47 Å². The van der Waals surface area contributed by atoms with Crippen molar-refractivity contribution in [3.8, 4) is 34.1 Å². The molecule has 0 fully saturated rings. The number of benzene rings is 6. The molecule has 0 aromatic heterocycles. The second-order valence-corrected chi connectivity index (χ2v) is 14.0. The number of hydrogen-bond donors (Lipinski definition) is 0. The van der Waals surface area contributed by atoms with Crippen LogP contribution in [0.1, 0.15) is 22.3 Å². The van der Waals surface area contributed by atoms with Crippen LogP contribution in [0.25, 0.3) is 11.1 Å². The van der Waals surface area contributed by atoms with Gasteiger partial charge in [0.2, 0.25) is 0 Å². The van der Waals surface area contributed by atoms with E-state index >= 15 is 0 Å². The fraction of sp³-hybridized carbons (Fsp3) is 0.0270. The van der Waals surface area contributed by atoms with E-state index in [-0.39, 0.29) is 0 Å². The lowest BCUT2D eigenvalue weighted by atomic mass is 9.68. The number of fused-ring (bicyclic) bond motifs is 3. The van der Waals surface area contributed by atoms with Crippen molar-refractivity contribution >= 4 is 63.7 Å². The van der Waals surface area contributed by atoms with Gasteiger partial charge >= 0.3 is 0 Å². The Kier molecular flexibility index (Phi) is 7.81. The van der Waals surface area contributed by atoms with E-state index in [1.54, 1.807) is 0 Å². The standard InChI is InChI=1S/C37H22Br4O2/c38-25-17-26(39)20-31(19-25)42-29-13-9-23(10-14-29)37(35-7-3-1-5-33(35)34-6-2-4-8-36(34)37)24-11-15-30(16-12-24)43-32-21-27(40)18-28(41)22-32/h1-22H. The van der Waals surface area contributed by atoms with Crippen LogP contribution in [0.3, 0.4) is 0 Å². The summed E-state index contributed by atoms with van der Waals surface area (Å²) >= 11 is 14.2. The first-order valence-electron chi connectivity index (χ1n) is 13.6. The van der Waals surface area contributed by atoms with Gasteiger partial charge in [0.25, 0.3) is 0 Å². The van der Waals surface area contributed by atoms with E-state index in [0.29, 0.717) is 0 Å². The Labute approximate surface area is 284 Å². The summed E-state index contributed by atoms with van der Waals surface area (Å²) in [6.45, 7) is 0. The summed E-state index contributed by atoms with van der Waals surface area (Å²) in [6.07, 6.45) is 0. The van der Waals surface area contributed by atoms with Gasteiger partial charge in [0.15, 0.2) is 0 Å². The number of ether oxygens (including phenoxy) is 2. The van der Waals surface area contributed by atoms with Gasteiger partial charge < -0.3 is 9.47 Å². The van der Waals surface area contributed by atoms with Crippen molar-refractivity contribution in [2.24, 2.45) is 0 Å². The highest BCUT2D eigenvalue weighted by Crippen LogP contribution is 2.56. The van der Waals surface area contributed by atoms with Gasteiger partial charge in [-0.25, -0.2) is 0 Å². The molecule has 0 heterocycles. The Balaban J connectivity index is 1.34. The van der Waals surface area contributed by atoms with Crippen LogP contribution in [0.2, 0.25) is 0 Å². The molecule has 7 rings (SSSR count). The highest BCUT2D eigenvalue weighted by atomic mass is 79.9. The van der Waals surface area contributed by atoms with Crippen molar-refractivity contribution in [2.75, 3.05) is 0 Å². The summed E-state index contributed by atoms with van der Waals surface area (Å²) in [7, 11) is 0. The lowest BCUT2D eigenvalue weighted by Gasteiger charge is -2.34. The summed E-state index contributed by atoms with van der Waals surface area (Å²) in [5, 5.41) is 0. The monoisotopic (exact) mass is 814 g/mol. The second kappa shape index (κ2) is 11.7. The van der Waals surface area contributed by atoms with Crippen LogP contribution in [-0.4, -0.2) is 0 Å². The lowest BCUT2D eigenvalue weighted by molar-refractivity contribution is 0.481. The molecule has 1 aliphatic rings. The molecule has 0 saturated carbocycles. The molecule has 6 heteroatoms. The first-order chi connectivity index (χ1) is 20.9. The van der Waals surface area contributed by atoms with Crippen LogP contribution in [0, 0.1) is 0 Å². The molecular formula is C37H22Br4O2. The second-order valence-electron chi connectivity index (χ2n) is 10.3. The molecule has 6 aromatic rings. The molecule has 0 amide bonds. The molecule has 210 valence electrons. The molecular weight excluding hydrogens is 796 g/mol. The average Bonchev–Trinajstić information content (AvgIpc) is 3.28. The molecule has 1 aliphatic carbocycles. The van der Waals surface area contributed by atoms with Gasteiger partial charge in [0.05, 0.1) is 5.41 Å². The van der Waals surface area contributed by atoms with Gasteiger partial charge in [0, 0.05) is 17.9 Å². The highest BCUT2D eigenvalue weighted by Gasteiger charge is 2.45. The Morgan fingerprint density at radius 1 is 0.372 bits per heavy atom. The van der Waals surface area contributed by atoms with Gasteiger partial charge in [-0.05, 0) is 94.0 Å². The van der Waals surface area contributed by atoms with Crippen LogP contribution < -0.4 is 9.47 Å². The smallest absolute Gasteiger partial charge is 0.129 e. The molecule has 0 spiro atoms. The number of hydrogen-bond acceptors (Lipinski definition) is 2. The quantitative estimate of drug-likeness (QED) is 0.166. The number of halogens is 4. The molecule has 0 N–H and O–H groups in total. The predicted octanol–water partition coefficient (Wildman–Crippen LogP) is 12.7. The summed E-state index contributed by atoms with van der Waals surface area (Å²) in [4.78, 5) is 0. The molecule has 0 atom stereocenters. The Bertz CT molecular complexity index is 1780. The van der Waals surface area contributed by atoms with Gasteiger partial charge in [-0.1, -0.05) is 137 Å². The van der Waals surface area contributed by atoms with Gasteiger partial charge in [-0.2, -0.15) is 0 Å². The third kappa shape index (κ3) is 5.40. The third-order valence-electron chi connectivity index (χ3n) is 7.67. The maximum atomic E-state index is 6.24. The minimum absolute atomic E-state index is 0.512. The molecule has 43 heavy (non-hydrogen) atoms. The zero-order chi connectivity index (χ0) is 29.6. The molecule has 2 nitrogen and oxygen atoms in total. The van der Waals surface area contributed by atoms with Gasteiger partial charge in [-0.3, -0.25) is 0 Å². The van der Waals surface area contributed by atoms with Crippen LogP contribution >= 0.6 is 63.7 Å². The fourth-order valence-corrected chi connectivity index (χ4v) is 8.52. The molecule has 0 saturated heterocycles.